The van der Waals surface area contributed by atoms with Crippen molar-refractivity contribution in [3.8, 4) is 17.2 Å². The number of fused-ring (bicyclic) bond motifs is 12. The van der Waals surface area contributed by atoms with Gasteiger partial charge in [-0.15, -0.1) is 0 Å². The summed E-state index contributed by atoms with van der Waals surface area (Å²) < 4.78 is 4.67. The fourth-order valence-corrected chi connectivity index (χ4v) is 7.86. The Kier molecular flexibility index (Phi) is 4.82. The first-order valence-electron chi connectivity index (χ1n) is 15.9. The predicted molar refractivity (Wildman–Crippen MR) is 196 cm³/mol. The average molecular weight is 611 g/mol. The molecule has 0 saturated heterocycles. The van der Waals surface area contributed by atoms with Gasteiger partial charge in [0, 0.05) is 43.9 Å². The fourth-order valence-electron chi connectivity index (χ4n) is 7.86. The minimum Gasteiger partial charge on any atom is -0.308 e. The van der Waals surface area contributed by atoms with E-state index < -0.39 is 0 Å². The summed E-state index contributed by atoms with van der Waals surface area (Å²) in [6.07, 6.45) is 1.78. The van der Waals surface area contributed by atoms with Crippen molar-refractivity contribution < 1.29 is 0 Å². The molecule has 220 valence electrons. The summed E-state index contributed by atoms with van der Waals surface area (Å²) in [6.45, 7) is 7.46. The fraction of sp³-hybridized carbons (Fsp3) is 0. The van der Waals surface area contributed by atoms with Crippen LogP contribution in [0.2, 0.25) is 0 Å². The molecule has 0 saturated carbocycles. The molecular weight excluding hydrogens is 589 g/mol. The molecule has 0 aliphatic heterocycles. The van der Waals surface area contributed by atoms with E-state index in [0.717, 1.165) is 43.8 Å². The average Bonchev–Trinajstić information content (AvgIpc) is 3.78. The van der Waals surface area contributed by atoms with Crippen LogP contribution >= 0.6 is 0 Å². The summed E-state index contributed by atoms with van der Waals surface area (Å²) in [6, 6.07) is 44.4. The van der Waals surface area contributed by atoms with Gasteiger partial charge in [0.15, 0.2) is 11.3 Å². The van der Waals surface area contributed by atoms with Crippen LogP contribution in [0.3, 0.4) is 0 Å². The van der Waals surface area contributed by atoms with Gasteiger partial charge in [0.25, 0.3) is 0 Å². The number of nitrogens with zero attached hydrogens (tertiary/aromatic N) is 6. The summed E-state index contributed by atoms with van der Waals surface area (Å²) >= 11 is 0. The first-order valence-corrected chi connectivity index (χ1v) is 15.9. The van der Waals surface area contributed by atoms with Crippen LogP contribution in [0.4, 0.5) is 5.69 Å². The lowest BCUT2D eigenvalue weighted by molar-refractivity contribution is 1.01. The molecule has 0 spiro atoms. The topological polar surface area (TPSA) is 52.4 Å². The smallest absolute Gasteiger partial charge is 0.237 e. The molecule has 6 nitrogen and oxygen atoms in total. The quantitative estimate of drug-likeness (QED) is 0.183. The van der Waals surface area contributed by atoms with E-state index >= 15 is 0 Å². The molecule has 0 atom stereocenters. The van der Waals surface area contributed by atoms with Gasteiger partial charge < -0.3 is 4.40 Å². The second kappa shape index (κ2) is 9.12. The Morgan fingerprint density at radius 1 is 0.542 bits per heavy atom. The Bertz CT molecular complexity index is 3180. The number of pyridine rings is 1. The van der Waals surface area contributed by atoms with Crippen LogP contribution in [-0.2, 0) is 0 Å². The second-order valence-corrected chi connectivity index (χ2v) is 12.4. The van der Waals surface area contributed by atoms with Crippen LogP contribution in [0.25, 0.3) is 104 Å². The van der Waals surface area contributed by atoms with E-state index in [1.165, 1.54) is 43.5 Å². The lowest BCUT2D eigenvalue weighted by Crippen LogP contribution is -2.04. The monoisotopic (exact) mass is 610 g/mol. The molecule has 0 aliphatic rings. The first-order chi connectivity index (χ1) is 23.8. The van der Waals surface area contributed by atoms with E-state index in [4.69, 9.17) is 21.5 Å². The summed E-state index contributed by atoms with van der Waals surface area (Å²) in [5.74, 6) is 0.559. The number of para-hydroxylation sites is 2. The van der Waals surface area contributed by atoms with Gasteiger partial charge in [-0.05, 0) is 58.8 Å². The summed E-state index contributed by atoms with van der Waals surface area (Å²) in [4.78, 5) is 18.9. The van der Waals surface area contributed by atoms with E-state index in [0.29, 0.717) is 17.3 Å². The molecule has 0 unspecified atom stereocenters. The van der Waals surface area contributed by atoms with Gasteiger partial charge in [0.1, 0.15) is 0 Å². The minimum absolute atomic E-state index is 0.559. The van der Waals surface area contributed by atoms with E-state index in [2.05, 4.69) is 105 Å². The van der Waals surface area contributed by atoms with Crippen molar-refractivity contribution in [3.05, 3.63) is 145 Å². The highest BCUT2D eigenvalue weighted by Gasteiger charge is 2.26. The molecule has 11 aromatic rings. The van der Waals surface area contributed by atoms with E-state index in [1.54, 1.807) is 6.20 Å². The number of hydrogen-bond donors (Lipinski definition) is 0. The summed E-state index contributed by atoms with van der Waals surface area (Å²) in [7, 11) is 0. The number of benzene rings is 6. The molecule has 0 amide bonds. The molecular formula is C42H22N6. The summed E-state index contributed by atoms with van der Waals surface area (Å²) in [5.41, 5.74) is 8.59. The third-order valence-corrected chi connectivity index (χ3v) is 9.89. The third-order valence-electron chi connectivity index (χ3n) is 9.89. The van der Waals surface area contributed by atoms with Crippen LogP contribution in [0.15, 0.2) is 134 Å². The number of aromatic nitrogens is 5. The molecule has 0 bridgehead atoms. The molecule has 0 fully saturated rings. The minimum atomic E-state index is 0.559. The van der Waals surface area contributed by atoms with Gasteiger partial charge in [0.2, 0.25) is 5.95 Å². The highest BCUT2D eigenvalue weighted by Crippen LogP contribution is 2.47. The Hall–Kier alpha value is -6.84. The number of hydrogen-bond acceptors (Lipinski definition) is 3. The maximum absolute atomic E-state index is 7.46. The Labute approximate surface area is 272 Å². The normalized spacial score (nSPS) is 12.1. The molecule has 5 heterocycles. The van der Waals surface area contributed by atoms with Crippen molar-refractivity contribution in [2.75, 3.05) is 0 Å². The zero-order valence-electron chi connectivity index (χ0n) is 25.4. The lowest BCUT2D eigenvalue weighted by Gasteiger charge is -2.12. The molecule has 6 heteroatoms. The van der Waals surface area contributed by atoms with Gasteiger partial charge in [-0.1, -0.05) is 84.9 Å². The Balaban J connectivity index is 1.39. The molecule has 0 N–H and O–H groups in total. The molecule has 0 radical (unpaired) electrons. The van der Waals surface area contributed by atoms with Gasteiger partial charge in [0.05, 0.1) is 39.8 Å². The molecule has 48 heavy (non-hydrogen) atoms. The number of rotatable bonds is 2. The molecule has 11 rings (SSSR count). The zero-order valence-corrected chi connectivity index (χ0v) is 25.4. The second-order valence-electron chi connectivity index (χ2n) is 12.4. The van der Waals surface area contributed by atoms with Gasteiger partial charge in [-0.2, -0.15) is 4.98 Å². The molecule has 0 aliphatic carbocycles. The summed E-state index contributed by atoms with van der Waals surface area (Å²) in [5, 5.41) is 10.4. The van der Waals surface area contributed by atoms with Crippen LogP contribution in [0, 0.1) is 6.57 Å². The maximum Gasteiger partial charge on any atom is 0.237 e. The van der Waals surface area contributed by atoms with Crippen LogP contribution in [-0.4, -0.2) is 23.9 Å². The molecule has 6 aromatic carbocycles. The Morgan fingerprint density at radius 2 is 1.23 bits per heavy atom. The highest BCUT2D eigenvalue weighted by atomic mass is 15.2. The van der Waals surface area contributed by atoms with Crippen LogP contribution in [0.5, 0.6) is 0 Å². The SMILES string of the molecule is [C-]#[N+]c1ccc(-c2nc(-n3c4cc5ccccc5cc4c4cc5c6ccccc6n6c7ccccc7c(c43)c56)nc3ncccc23)cc1. The van der Waals surface area contributed by atoms with Crippen molar-refractivity contribution in [1.82, 2.24) is 23.9 Å². The van der Waals surface area contributed by atoms with Crippen molar-refractivity contribution >= 4 is 87.4 Å². The Morgan fingerprint density at radius 3 is 2.04 bits per heavy atom. The lowest BCUT2D eigenvalue weighted by atomic mass is 10.0. The largest absolute Gasteiger partial charge is 0.308 e. The highest BCUT2D eigenvalue weighted by molar-refractivity contribution is 6.34. The first kappa shape index (κ1) is 25.4. The van der Waals surface area contributed by atoms with Crippen molar-refractivity contribution in [2.45, 2.75) is 0 Å². The van der Waals surface area contributed by atoms with Gasteiger partial charge >= 0.3 is 0 Å². The molecule has 5 aromatic heterocycles. The van der Waals surface area contributed by atoms with Crippen molar-refractivity contribution in [2.24, 2.45) is 0 Å². The van der Waals surface area contributed by atoms with E-state index in [1.807, 2.05) is 36.4 Å². The van der Waals surface area contributed by atoms with E-state index in [-0.39, 0.29) is 0 Å². The van der Waals surface area contributed by atoms with Gasteiger partial charge in [-0.25, -0.2) is 14.8 Å². The zero-order chi connectivity index (χ0) is 31.5. The maximum atomic E-state index is 7.46. The third kappa shape index (κ3) is 3.22. The predicted octanol–water partition coefficient (Wildman–Crippen LogP) is 10.6. The van der Waals surface area contributed by atoms with Crippen LogP contribution < -0.4 is 0 Å². The van der Waals surface area contributed by atoms with Crippen molar-refractivity contribution in [3.63, 3.8) is 0 Å². The van der Waals surface area contributed by atoms with Gasteiger partial charge in [-0.3, -0.25) is 4.57 Å². The standard InChI is InChI=1S/C42H22N6/c1-43-27-18-16-24(17-19-27)38-30-13-8-20-44-41(30)46-42(45-38)48-36-22-26-10-3-2-9-25(26)21-31(36)33-23-32-28-11-4-6-14-34(28)47-35-15-7-5-12-29(35)37(39(32)47)40(33)48/h2-23H. The van der Waals surface area contributed by atoms with Crippen LogP contribution in [0.1, 0.15) is 0 Å². The van der Waals surface area contributed by atoms with E-state index in [9.17, 15) is 0 Å². The van der Waals surface area contributed by atoms with Crippen molar-refractivity contribution in [1.29, 1.82) is 0 Å².